The van der Waals surface area contributed by atoms with E-state index in [4.69, 9.17) is 5.73 Å². The van der Waals surface area contributed by atoms with Gasteiger partial charge in [-0.1, -0.05) is 28.3 Å². The molecular weight excluding hydrogens is 206 g/mol. The highest BCUT2D eigenvalue weighted by molar-refractivity contribution is 7.05. The first-order chi connectivity index (χ1) is 7.22. The minimum Gasteiger partial charge on any atom is -0.326 e. The highest BCUT2D eigenvalue weighted by Crippen LogP contribution is 2.26. The van der Waals surface area contributed by atoms with E-state index in [1.807, 2.05) is 0 Å². The van der Waals surface area contributed by atoms with Crippen LogP contribution in [0, 0.1) is 13.8 Å². The van der Waals surface area contributed by atoms with Crippen molar-refractivity contribution in [3.63, 3.8) is 0 Å². The second-order valence-electron chi connectivity index (χ2n) is 3.57. The van der Waals surface area contributed by atoms with Crippen molar-refractivity contribution >= 4 is 11.5 Å². The number of rotatable bonds is 2. The van der Waals surface area contributed by atoms with Crippen LogP contribution in [0.1, 0.15) is 16.0 Å². The van der Waals surface area contributed by atoms with Crippen LogP contribution in [0.3, 0.4) is 0 Å². The normalized spacial score (nSPS) is 10.6. The van der Waals surface area contributed by atoms with Crippen molar-refractivity contribution < 1.29 is 0 Å². The Morgan fingerprint density at radius 3 is 2.80 bits per heavy atom. The van der Waals surface area contributed by atoms with Gasteiger partial charge < -0.3 is 5.73 Å². The number of nitrogens with two attached hydrogens (primary N) is 1. The van der Waals surface area contributed by atoms with Crippen LogP contribution >= 0.6 is 11.5 Å². The first kappa shape index (κ1) is 10.3. The van der Waals surface area contributed by atoms with Crippen LogP contribution in [-0.2, 0) is 6.54 Å². The van der Waals surface area contributed by atoms with Crippen LogP contribution in [0.4, 0.5) is 0 Å². The van der Waals surface area contributed by atoms with Gasteiger partial charge in [-0.2, -0.15) is 0 Å². The molecule has 0 saturated carbocycles. The van der Waals surface area contributed by atoms with Gasteiger partial charge in [-0.3, -0.25) is 0 Å². The molecule has 0 aliphatic heterocycles. The van der Waals surface area contributed by atoms with E-state index in [0.717, 1.165) is 16.1 Å². The van der Waals surface area contributed by atoms with Gasteiger partial charge in [-0.15, -0.1) is 5.10 Å². The number of aryl methyl sites for hydroxylation is 2. The standard InChI is InChI=1S/C11H13N3S/c1-7-3-4-9(8(2)5-7)11-10(6-12)15-14-13-11/h3-5H,6,12H2,1-2H3. The molecule has 1 aromatic carbocycles. The summed E-state index contributed by atoms with van der Waals surface area (Å²) < 4.78 is 3.94. The topological polar surface area (TPSA) is 51.8 Å². The van der Waals surface area contributed by atoms with E-state index in [1.165, 1.54) is 22.7 Å². The molecule has 15 heavy (non-hydrogen) atoms. The molecule has 0 bridgehead atoms. The van der Waals surface area contributed by atoms with Crippen molar-refractivity contribution in [2.45, 2.75) is 20.4 Å². The predicted octanol–water partition coefficient (Wildman–Crippen LogP) is 2.28. The molecule has 1 aromatic heterocycles. The van der Waals surface area contributed by atoms with Crippen LogP contribution < -0.4 is 5.73 Å². The van der Waals surface area contributed by atoms with E-state index in [2.05, 4.69) is 41.6 Å². The fourth-order valence-electron chi connectivity index (χ4n) is 1.63. The van der Waals surface area contributed by atoms with Crippen LogP contribution in [0.5, 0.6) is 0 Å². The Balaban J connectivity index is 2.54. The van der Waals surface area contributed by atoms with Crippen molar-refractivity contribution in [2.24, 2.45) is 5.73 Å². The maximum Gasteiger partial charge on any atom is 0.110 e. The fraction of sp³-hybridized carbons (Fsp3) is 0.273. The Morgan fingerprint density at radius 2 is 2.13 bits per heavy atom. The Morgan fingerprint density at radius 1 is 1.33 bits per heavy atom. The van der Waals surface area contributed by atoms with Gasteiger partial charge in [0, 0.05) is 12.1 Å². The van der Waals surface area contributed by atoms with Gasteiger partial charge in [0.2, 0.25) is 0 Å². The smallest absolute Gasteiger partial charge is 0.110 e. The molecular formula is C11H13N3S. The van der Waals surface area contributed by atoms with E-state index in [-0.39, 0.29) is 0 Å². The predicted molar refractivity (Wildman–Crippen MR) is 62.7 cm³/mol. The zero-order valence-corrected chi connectivity index (χ0v) is 9.64. The van der Waals surface area contributed by atoms with E-state index >= 15 is 0 Å². The quantitative estimate of drug-likeness (QED) is 0.843. The number of benzene rings is 1. The van der Waals surface area contributed by atoms with Crippen LogP contribution in [-0.4, -0.2) is 9.59 Å². The summed E-state index contributed by atoms with van der Waals surface area (Å²) in [6.07, 6.45) is 0. The second-order valence-corrected chi connectivity index (χ2v) is 4.41. The van der Waals surface area contributed by atoms with Crippen molar-refractivity contribution in [1.29, 1.82) is 0 Å². The monoisotopic (exact) mass is 219 g/mol. The van der Waals surface area contributed by atoms with Crippen LogP contribution in [0.2, 0.25) is 0 Å². The average Bonchev–Trinajstić information content (AvgIpc) is 2.65. The molecule has 4 heteroatoms. The lowest BCUT2D eigenvalue weighted by Crippen LogP contribution is -1.96. The molecule has 2 N–H and O–H groups in total. The van der Waals surface area contributed by atoms with Crippen LogP contribution in [0.15, 0.2) is 18.2 Å². The van der Waals surface area contributed by atoms with Crippen molar-refractivity contribution in [1.82, 2.24) is 9.59 Å². The molecule has 2 rings (SSSR count). The lowest BCUT2D eigenvalue weighted by Gasteiger charge is -2.04. The molecule has 0 aliphatic rings. The van der Waals surface area contributed by atoms with E-state index in [1.54, 1.807) is 0 Å². The molecule has 0 unspecified atom stereocenters. The third-order valence-corrected chi connectivity index (χ3v) is 3.12. The number of hydrogen-bond donors (Lipinski definition) is 1. The minimum atomic E-state index is 0.500. The SMILES string of the molecule is Cc1ccc(-c2nnsc2CN)c(C)c1. The van der Waals surface area contributed by atoms with Gasteiger partial charge in [0.05, 0.1) is 4.88 Å². The molecule has 2 aromatic rings. The lowest BCUT2D eigenvalue weighted by molar-refractivity contribution is 1.08. The lowest BCUT2D eigenvalue weighted by atomic mass is 10.0. The number of nitrogens with zero attached hydrogens (tertiary/aromatic N) is 2. The molecule has 78 valence electrons. The first-order valence-corrected chi connectivity index (χ1v) is 5.58. The molecule has 0 aliphatic carbocycles. The Bertz CT molecular complexity index is 476. The summed E-state index contributed by atoms with van der Waals surface area (Å²) in [7, 11) is 0. The largest absolute Gasteiger partial charge is 0.326 e. The Labute approximate surface area is 93.1 Å². The number of aromatic nitrogens is 2. The van der Waals surface area contributed by atoms with E-state index < -0.39 is 0 Å². The molecule has 1 heterocycles. The maximum atomic E-state index is 5.64. The summed E-state index contributed by atoms with van der Waals surface area (Å²) in [6, 6.07) is 6.32. The minimum absolute atomic E-state index is 0.500. The Kier molecular flexibility index (Phi) is 2.79. The van der Waals surface area contributed by atoms with Gasteiger partial charge in [0.1, 0.15) is 5.69 Å². The highest BCUT2D eigenvalue weighted by atomic mass is 32.1. The summed E-state index contributed by atoms with van der Waals surface area (Å²) >= 11 is 1.37. The zero-order chi connectivity index (χ0) is 10.8. The maximum absolute atomic E-state index is 5.64. The molecule has 0 spiro atoms. The molecule has 0 saturated heterocycles. The molecule has 0 amide bonds. The fourth-order valence-corrected chi connectivity index (χ4v) is 2.16. The Hall–Kier alpha value is -1.26. The average molecular weight is 219 g/mol. The van der Waals surface area contributed by atoms with E-state index in [0.29, 0.717) is 6.54 Å². The van der Waals surface area contributed by atoms with E-state index in [9.17, 15) is 0 Å². The first-order valence-electron chi connectivity index (χ1n) is 4.81. The second kappa shape index (κ2) is 4.08. The molecule has 0 fully saturated rings. The van der Waals surface area contributed by atoms with Gasteiger partial charge in [-0.05, 0) is 30.9 Å². The third kappa shape index (κ3) is 1.91. The molecule has 0 atom stereocenters. The van der Waals surface area contributed by atoms with Gasteiger partial charge in [-0.25, -0.2) is 0 Å². The van der Waals surface area contributed by atoms with Gasteiger partial charge in [0.25, 0.3) is 0 Å². The van der Waals surface area contributed by atoms with Crippen LogP contribution in [0.25, 0.3) is 11.3 Å². The van der Waals surface area contributed by atoms with Gasteiger partial charge >= 0.3 is 0 Å². The zero-order valence-electron chi connectivity index (χ0n) is 8.82. The third-order valence-electron chi connectivity index (χ3n) is 2.38. The summed E-state index contributed by atoms with van der Waals surface area (Å²) in [5, 5.41) is 4.14. The van der Waals surface area contributed by atoms with Crippen molar-refractivity contribution in [2.75, 3.05) is 0 Å². The summed E-state index contributed by atoms with van der Waals surface area (Å²) in [5.74, 6) is 0. The van der Waals surface area contributed by atoms with Crippen molar-refractivity contribution in [3.8, 4) is 11.3 Å². The van der Waals surface area contributed by atoms with Gasteiger partial charge in [0.15, 0.2) is 0 Å². The summed E-state index contributed by atoms with van der Waals surface area (Å²) in [4.78, 5) is 1.04. The number of hydrogen-bond acceptors (Lipinski definition) is 4. The summed E-state index contributed by atoms with van der Waals surface area (Å²) in [5.41, 5.74) is 10.2. The highest BCUT2D eigenvalue weighted by Gasteiger charge is 2.10. The molecule has 3 nitrogen and oxygen atoms in total. The van der Waals surface area contributed by atoms with Crippen molar-refractivity contribution in [3.05, 3.63) is 34.2 Å². The molecule has 0 radical (unpaired) electrons. The summed E-state index contributed by atoms with van der Waals surface area (Å²) in [6.45, 7) is 4.67.